The summed E-state index contributed by atoms with van der Waals surface area (Å²) in [6, 6.07) is 0. The van der Waals surface area contributed by atoms with Crippen LogP contribution in [0.5, 0.6) is 0 Å². The number of hydrogen-bond acceptors (Lipinski definition) is 6. The average Bonchev–Trinajstić information content (AvgIpc) is 3.18. The van der Waals surface area contributed by atoms with Gasteiger partial charge in [0.2, 0.25) is 0 Å². The monoisotopic (exact) mass is 793 g/mol. The minimum absolute atomic E-state index is 0.0635. The van der Waals surface area contributed by atoms with Crippen molar-refractivity contribution in [1.29, 1.82) is 0 Å². The van der Waals surface area contributed by atoms with E-state index >= 15 is 0 Å². The fourth-order valence-electron chi connectivity index (χ4n) is 7.51. The van der Waals surface area contributed by atoms with Gasteiger partial charge in [-0.15, -0.1) is 0 Å². The van der Waals surface area contributed by atoms with Crippen LogP contribution >= 0.6 is 0 Å². The van der Waals surface area contributed by atoms with Gasteiger partial charge in [-0.1, -0.05) is 240 Å². The third-order valence-electron chi connectivity index (χ3n) is 11.3. The van der Waals surface area contributed by atoms with Crippen LogP contribution in [-0.2, 0) is 28.6 Å². The summed E-state index contributed by atoms with van der Waals surface area (Å²) >= 11 is 0. The summed E-state index contributed by atoms with van der Waals surface area (Å²) < 4.78 is 16.7. The van der Waals surface area contributed by atoms with Crippen molar-refractivity contribution in [3.8, 4) is 0 Å². The van der Waals surface area contributed by atoms with Gasteiger partial charge in [0.05, 0.1) is 0 Å². The number of rotatable bonds is 45. The molecule has 0 fully saturated rings. The molecule has 1 atom stereocenters. The number of hydrogen-bond donors (Lipinski definition) is 0. The number of unbranched alkanes of at least 4 members (excludes halogenated alkanes) is 32. The van der Waals surface area contributed by atoms with E-state index in [-0.39, 0.29) is 31.1 Å². The first kappa shape index (κ1) is 54.4. The van der Waals surface area contributed by atoms with E-state index in [0.717, 1.165) is 63.7 Å². The van der Waals surface area contributed by atoms with Crippen LogP contribution in [0.25, 0.3) is 0 Å². The summed E-state index contributed by atoms with van der Waals surface area (Å²) in [6.45, 7) is 8.98. The molecule has 0 saturated heterocycles. The molecule has 0 radical (unpaired) electrons. The highest BCUT2D eigenvalue weighted by Gasteiger charge is 2.19. The second kappa shape index (κ2) is 44.5. The van der Waals surface area contributed by atoms with E-state index in [1.807, 2.05) is 0 Å². The first-order chi connectivity index (χ1) is 27.4. The van der Waals surface area contributed by atoms with E-state index in [0.29, 0.717) is 19.3 Å². The number of carbonyl (C=O) groups excluding carboxylic acids is 3. The average molecular weight is 793 g/mol. The Hall–Kier alpha value is -1.59. The zero-order chi connectivity index (χ0) is 41.0. The van der Waals surface area contributed by atoms with Gasteiger partial charge in [-0.25, -0.2) is 0 Å². The summed E-state index contributed by atoms with van der Waals surface area (Å²) in [5.74, 6) is -0.0199. The number of carbonyl (C=O) groups is 3. The molecule has 0 unspecified atom stereocenters. The maximum absolute atomic E-state index is 12.7. The van der Waals surface area contributed by atoms with Gasteiger partial charge in [0.1, 0.15) is 13.2 Å². The van der Waals surface area contributed by atoms with Crippen LogP contribution in [0.1, 0.15) is 278 Å². The lowest BCUT2D eigenvalue weighted by Crippen LogP contribution is -2.30. The lowest BCUT2D eigenvalue weighted by Gasteiger charge is -2.18. The van der Waals surface area contributed by atoms with Crippen LogP contribution in [0.15, 0.2) is 0 Å². The molecule has 0 aliphatic heterocycles. The van der Waals surface area contributed by atoms with Gasteiger partial charge in [-0.2, -0.15) is 0 Å². The molecule has 0 saturated carbocycles. The van der Waals surface area contributed by atoms with Gasteiger partial charge in [0.25, 0.3) is 0 Å². The minimum atomic E-state index is -0.759. The Morgan fingerprint density at radius 3 is 0.875 bits per heavy atom. The zero-order valence-electron chi connectivity index (χ0n) is 38.1. The van der Waals surface area contributed by atoms with Crippen molar-refractivity contribution in [2.75, 3.05) is 13.2 Å². The molecule has 0 N–H and O–H groups in total. The summed E-state index contributed by atoms with van der Waals surface area (Å²) in [4.78, 5) is 37.7. The SMILES string of the molecule is CCCCCCCCCCCCCCCCCCC(=O)O[C@H](COC(=O)CCCCCCCCC)COC(=O)CCCCCCCCCCCCCCC(C)C. The zero-order valence-corrected chi connectivity index (χ0v) is 38.1. The molecule has 0 amide bonds. The van der Waals surface area contributed by atoms with Gasteiger partial charge in [0, 0.05) is 19.3 Å². The quantitative estimate of drug-likeness (QED) is 0.0347. The van der Waals surface area contributed by atoms with Crippen molar-refractivity contribution in [1.82, 2.24) is 0 Å². The first-order valence-corrected chi connectivity index (χ1v) is 24.9. The van der Waals surface area contributed by atoms with Crippen molar-refractivity contribution in [3.63, 3.8) is 0 Å². The molecular weight excluding hydrogens is 697 g/mol. The Balaban J connectivity index is 4.22. The van der Waals surface area contributed by atoms with Crippen molar-refractivity contribution in [2.24, 2.45) is 5.92 Å². The predicted octanol–water partition coefficient (Wildman–Crippen LogP) is 15.9. The van der Waals surface area contributed by atoms with Crippen molar-refractivity contribution in [2.45, 2.75) is 284 Å². The summed E-state index contributed by atoms with van der Waals surface area (Å²) in [5, 5.41) is 0. The molecule has 0 aliphatic rings. The third kappa shape index (κ3) is 43.5. The van der Waals surface area contributed by atoms with Crippen LogP contribution in [0.3, 0.4) is 0 Å². The predicted molar refractivity (Wildman–Crippen MR) is 238 cm³/mol. The molecule has 6 nitrogen and oxygen atoms in total. The molecule has 0 aromatic heterocycles. The molecular formula is C50H96O6. The Morgan fingerprint density at radius 1 is 0.339 bits per heavy atom. The molecule has 0 aromatic carbocycles. The molecule has 0 heterocycles. The standard InChI is InChI=1S/C50H96O6/c1-5-7-9-11-13-14-15-16-17-18-19-24-27-31-35-39-43-50(53)56-47(44-54-48(51)41-37-33-28-12-10-8-6-2)45-55-49(52)42-38-34-30-26-23-21-20-22-25-29-32-36-40-46(3)4/h46-47H,5-45H2,1-4H3/t47-/m1/s1. The maximum atomic E-state index is 12.7. The van der Waals surface area contributed by atoms with E-state index in [2.05, 4.69) is 27.7 Å². The van der Waals surface area contributed by atoms with Crippen molar-refractivity contribution >= 4 is 17.9 Å². The lowest BCUT2D eigenvalue weighted by atomic mass is 10.0. The van der Waals surface area contributed by atoms with Gasteiger partial charge in [0.15, 0.2) is 6.10 Å². The van der Waals surface area contributed by atoms with Crippen molar-refractivity contribution in [3.05, 3.63) is 0 Å². The van der Waals surface area contributed by atoms with Crippen LogP contribution in [0.4, 0.5) is 0 Å². The lowest BCUT2D eigenvalue weighted by molar-refractivity contribution is -0.167. The van der Waals surface area contributed by atoms with Crippen LogP contribution in [-0.4, -0.2) is 37.2 Å². The smallest absolute Gasteiger partial charge is 0.306 e. The molecule has 0 spiro atoms. The fraction of sp³-hybridized carbons (Fsp3) is 0.940. The van der Waals surface area contributed by atoms with E-state index in [1.165, 1.54) is 173 Å². The fourth-order valence-corrected chi connectivity index (χ4v) is 7.51. The van der Waals surface area contributed by atoms with Crippen LogP contribution in [0, 0.1) is 5.92 Å². The molecule has 6 heteroatoms. The molecule has 332 valence electrons. The van der Waals surface area contributed by atoms with Crippen LogP contribution in [0.2, 0.25) is 0 Å². The highest BCUT2D eigenvalue weighted by molar-refractivity contribution is 5.71. The molecule has 0 rings (SSSR count). The highest BCUT2D eigenvalue weighted by Crippen LogP contribution is 2.17. The number of ether oxygens (including phenoxy) is 3. The highest BCUT2D eigenvalue weighted by atomic mass is 16.6. The molecule has 0 aliphatic carbocycles. The van der Waals surface area contributed by atoms with Gasteiger partial charge >= 0.3 is 17.9 Å². The molecule has 56 heavy (non-hydrogen) atoms. The Bertz CT molecular complexity index is 841. The first-order valence-electron chi connectivity index (χ1n) is 24.9. The van der Waals surface area contributed by atoms with E-state index < -0.39 is 6.10 Å². The summed E-state index contributed by atoms with van der Waals surface area (Å²) in [5.41, 5.74) is 0. The summed E-state index contributed by atoms with van der Waals surface area (Å²) in [6.07, 6.45) is 45.3. The van der Waals surface area contributed by atoms with Gasteiger partial charge in [-0.3, -0.25) is 14.4 Å². The third-order valence-corrected chi connectivity index (χ3v) is 11.3. The van der Waals surface area contributed by atoms with Crippen LogP contribution < -0.4 is 0 Å². The largest absolute Gasteiger partial charge is 0.462 e. The van der Waals surface area contributed by atoms with Gasteiger partial charge in [-0.05, 0) is 25.2 Å². The number of esters is 3. The normalized spacial score (nSPS) is 11.9. The van der Waals surface area contributed by atoms with E-state index in [1.54, 1.807) is 0 Å². The second-order valence-electron chi connectivity index (χ2n) is 17.6. The maximum Gasteiger partial charge on any atom is 0.306 e. The van der Waals surface area contributed by atoms with E-state index in [4.69, 9.17) is 14.2 Å². The minimum Gasteiger partial charge on any atom is -0.462 e. The Kier molecular flexibility index (Phi) is 43.2. The van der Waals surface area contributed by atoms with Crippen molar-refractivity contribution < 1.29 is 28.6 Å². The Morgan fingerprint density at radius 2 is 0.589 bits per heavy atom. The second-order valence-corrected chi connectivity index (χ2v) is 17.6. The summed E-state index contributed by atoms with van der Waals surface area (Å²) in [7, 11) is 0. The molecule has 0 aromatic rings. The Labute approximate surface area is 348 Å². The molecule has 0 bridgehead atoms. The topological polar surface area (TPSA) is 78.9 Å². The van der Waals surface area contributed by atoms with Gasteiger partial charge < -0.3 is 14.2 Å². The van der Waals surface area contributed by atoms with E-state index in [9.17, 15) is 14.4 Å².